The van der Waals surface area contributed by atoms with Gasteiger partial charge in [0.2, 0.25) is 0 Å². The molecule has 1 saturated heterocycles. The van der Waals surface area contributed by atoms with Gasteiger partial charge in [-0.2, -0.15) is 0 Å². The Hall–Kier alpha value is -2.38. The number of ether oxygens (including phenoxy) is 1. The predicted octanol–water partition coefficient (Wildman–Crippen LogP) is 5.38. The number of ketones is 1. The summed E-state index contributed by atoms with van der Waals surface area (Å²) in [5.41, 5.74) is 2.56. The van der Waals surface area contributed by atoms with Crippen LogP contribution in [0.5, 0.6) is 5.75 Å². The summed E-state index contributed by atoms with van der Waals surface area (Å²) in [4.78, 5) is 20.7. The summed E-state index contributed by atoms with van der Waals surface area (Å²) in [6.45, 7) is 4.34. The maximum atomic E-state index is 12.3. The first-order valence-corrected chi connectivity index (χ1v) is 11.9. The van der Waals surface area contributed by atoms with Crippen molar-refractivity contribution in [2.45, 2.75) is 45.1 Å². The number of nitrogens with zero attached hydrogens (tertiary/aromatic N) is 2. The Morgan fingerprint density at radius 1 is 1.32 bits per heavy atom. The minimum Gasteiger partial charge on any atom is -0.493 e. The third-order valence-electron chi connectivity index (χ3n) is 5.56. The predicted molar refractivity (Wildman–Crippen MR) is 124 cm³/mol. The van der Waals surface area contributed by atoms with Gasteiger partial charge in [0.1, 0.15) is 17.7 Å². The largest absolute Gasteiger partial charge is 0.493 e. The van der Waals surface area contributed by atoms with Crippen LogP contribution in [-0.2, 0) is 4.84 Å². The molecule has 0 bridgehead atoms. The first kappa shape index (κ1) is 21.8. The van der Waals surface area contributed by atoms with E-state index < -0.39 is 0 Å². The summed E-state index contributed by atoms with van der Waals surface area (Å²) < 4.78 is 6.50. The molecule has 1 aromatic heterocycles. The van der Waals surface area contributed by atoms with Gasteiger partial charge < -0.3 is 14.5 Å². The van der Waals surface area contributed by atoms with Crippen LogP contribution in [0.3, 0.4) is 0 Å². The smallest absolute Gasteiger partial charge is 0.172 e. The van der Waals surface area contributed by atoms with Gasteiger partial charge in [-0.3, -0.25) is 10.2 Å². The maximum Gasteiger partial charge on any atom is 0.172 e. The van der Waals surface area contributed by atoms with Gasteiger partial charge in [-0.25, -0.2) is 0 Å². The quantitative estimate of drug-likeness (QED) is 0.327. The second-order valence-corrected chi connectivity index (χ2v) is 9.44. The molecule has 0 amide bonds. The summed E-state index contributed by atoms with van der Waals surface area (Å²) in [5.74, 6) is 1.34. The molecule has 1 unspecified atom stereocenters. The van der Waals surface area contributed by atoms with Crippen molar-refractivity contribution >= 4 is 40.3 Å². The third-order valence-corrected chi connectivity index (χ3v) is 6.83. The number of rotatable bonds is 8. The number of Topliss-reactive ketones (excluding diaryl/α,β-unsaturated/α-hetero) is 1. The third kappa shape index (κ3) is 5.10. The number of amidine groups is 1. The van der Waals surface area contributed by atoms with Crippen molar-refractivity contribution in [1.82, 2.24) is 4.90 Å². The number of nitrogens with one attached hydrogen (secondary N) is 1. The molecule has 0 aliphatic carbocycles. The Bertz CT molecular complexity index is 998. The lowest BCUT2D eigenvalue weighted by atomic mass is 9.99. The molecular formula is C23H26ClN3O3S. The lowest BCUT2D eigenvalue weighted by Gasteiger charge is -2.20. The first-order chi connectivity index (χ1) is 15.0. The van der Waals surface area contributed by atoms with Crippen molar-refractivity contribution in [1.29, 1.82) is 5.41 Å². The molecule has 1 N–H and O–H groups in total. The molecular weight excluding hydrogens is 434 g/mol. The molecule has 8 heteroatoms. The summed E-state index contributed by atoms with van der Waals surface area (Å²) in [7, 11) is 0. The van der Waals surface area contributed by atoms with Crippen molar-refractivity contribution in [2.24, 2.45) is 5.16 Å². The minimum absolute atomic E-state index is 0.0775. The lowest BCUT2D eigenvalue weighted by molar-refractivity contribution is 0.0720. The molecule has 0 saturated carbocycles. The molecule has 2 aliphatic rings. The second kappa shape index (κ2) is 9.83. The molecule has 2 aromatic rings. The fraction of sp³-hybridized carbons (Fsp3) is 0.435. The van der Waals surface area contributed by atoms with E-state index in [-0.39, 0.29) is 11.9 Å². The van der Waals surface area contributed by atoms with Gasteiger partial charge in [0.05, 0.1) is 21.5 Å². The van der Waals surface area contributed by atoms with Gasteiger partial charge >= 0.3 is 0 Å². The van der Waals surface area contributed by atoms with Gasteiger partial charge in [-0.15, -0.1) is 11.3 Å². The lowest BCUT2D eigenvalue weighted by Crippen LogP contribution is -2.27. The van der Waals surface area contributed by atoms with E-state index in [0.717, 1.165) is 48.5 Å². The Labute approximate surface area is 191 Å². The molecule has 1 atom stereocenters. The molecule has 0 spiro atoms. The van der Waals surface area contributed by atoms with Gasteiger partial charge in [0.15, 0.2) is 5.78 Å². The molecule has 4 rings (SSSR count). The van der Waals surface area contributed by atoms with Crippen molar-refractivity contribution in [2.75, 3.05) is 19.7 Å². The van der Waals surface area contributed by atoms with Crippen LogP contribution in [0, 0.1) is 5.41 Å². The molecule has 3 heterocycles. The van der Waals surface area contributed by atoms with Crippen LogP contribution >= 0.6 is 22.9 Å². The topological polar surface area (TPSA) is 75.0 Å². The van der Waals surface area contributed by atoms with Crippen molar-refractivity contribution in [3.05, 3.63) is 50.7 Å². The second-order valence-electron chi connectivity index (χ2n) is 7.72. The average Bonchev–Trinajstić information content (AvgIpc) is 3.53. The number of carbonyl (C=O) groups excluding carboxylic acids is 1. The Kier molecular flexibility index (Phi) is 6.92. The van der Waals surface area contributed by atoms with Crippen LogP contribution in [0.15, 0.2) is 35.5 Å². The minimum atomic E-state index is -0.133. The highest BCUT2D eigenvalue weighted by Gasteiger charge is 2.26. The van der Waals surface area contributed by atoms with Crippen LogP contribution in [0.4, 0.5) is 0 Å². The fourth-order valence-electron chi connectivity index (χ4n) is 3.93. The molecule has 1 fully saturated rings. The van der Waals surface area contributed by atoms with Gasteiger partial charge in [-0.1, -0.05) is 22.8 Å². The number of carbonyl (C=O) groups is 1. The van der Waals surface area contributed by atoms with E-state index in [1.165, 1.54) is 11.3 Å². The van der Waals surface area contributed by atoms with Crippen LogP contribution in [0.25, 0.3) is 0 Å². The monoisotopic (exact) mass is 459 g/mol. The van der Waals surface area contributed by atoms with Gasteiger partial charge in [0.25, 0.3) is 0 Å². The van der Waals surface area contributed by atoms with Crippen LogP contribution in [0.1, 0.15) is 59.8 Å². The Balaban J connectivity index is 1.40. The van der Waals surface area contributed by atoms with Gasteiger partial charge in [-0.05, 0) is 50.5 Å². The number of oxime groups is 1. The van der Waals surface area contributed by atoms with Crippen molar-refractivity contribution in [3.8, 4) is 5.75 Å². The van der Waals surface area contributed by atoms with Crippen LogP contribution in [-0.4, -0.2) is 48.0 Å². The summed E-state index contributed by atoms with van der Waals surface area (Å²) in [6, 6.07) is 9.36. The number of likely N-dealkylation sites (tertiary alicyclic amines) is 1. The zero-order chi connectivity index (χ0) is 21.8. The SMILES string of the molecule is CCOc1cc(C(=N)N2CCCC2)ccc1C1=NOC(CCC(=O)c2ccc(Cl)s2)C1. The zero-order valence-corrected chi connectivity index (χ0v) is 19.1. The van der Waals surface area contributed by atoms with Crippen molar-refractivity contribution < 1.29 is 14.4 Å². The van der Waals surface area contributed by atoms with Crippen LogP contribution < -0.4 is 4.74 Å². The molecule has 1 aromatic carbocycles. The van der Waals surface area contributed by atoms with E-state index in [4.69, 9.17) is 26.6 Å². The van der Waals surface area contributed by atoms with E-state index in [0.29, 0.717) is 40.9 Å². The summed E-state index contributed by atoms with van der Waals surface area (Å²) >= 11 is 7.23. The van der Waals surface area contributed by atoms with Gasteiger partial charge in [0, 0.05) is 37.1 Å². The maximum absolute atomic E-state index is 12.3. The van der Waals surface area contributed by atoms with Crippen LogP contribution in [0.2, 0.25) is 4.34 Å². The molecule has 6 nitrogen and oxygen atoms in total. The highest BCUT2D eigenvalue weighted by atomic mass is 35.5. The average molecular weight is 460 g/mol. The Morgan fingerprint density at radius 3 is 2.84 bits per heavy atom. The number of hydrogen-bond donors (Lipinski definition) is 1. The molecule has 2 aliphatic heterocycles. The molecule has 0 radical (unpaired) electrons. The fourth-order valence-corrected chi connectivity index (χ4v) is 4.94. The molecule has 31 heavy (non-hydrogen) atoms. The highest BCUT2D eigenvalue weighted by molar-refractivity contribution is 7.18. The number of benzene rings is 1. The summed E-state index contributed by atoms with van der Waals surface area (Å²) in [6.07, 6.45) is 3.76. The standard InChI is InChI=1S/C23H26ClN3O3S/c1-2-29-20-13-15(23(25)27-11-3-4-12-27)5-7-17(20)18-14-16(30-26-18)6-8-19(28)21-9-10-22(24)31-21/h5,7,9-10,13,16,25H,2-4,6,8,11-12,14H2,1H3. The van der Waals surface area contributed by atoms with E-state index in [1.54, 1.807) is 12.1 Å². The van der Waals surface area contributed by atoms with E-state index in [9.17, 15) is 4.79 Å². The summed E-state index contributed by atoms with van der Waals surface area (Å²) in [5, 5.41) is 12.8. The van der Waals surface area contributed by atoms with E-state index in [1.807, 2.05) is 25.1 Å². The molecule has 164 valence electrons. The highest BCUT2D eigenvalue weighted by Crippen LogP contribution is 2.29. The zero-order valence-electron chi connectivity index (χ0n) is 17.5. The van der Waals surface area contributed by atoms with Crippen molar-refractivity contribution in [3.63, 3.8) is 0 Å². The first-order valence-electron chi connectivity index (χ1n) is 10.7. The number of thiophene rings is 1. The van der Waals surface area contributed by atoms with E-state index in [2.05, 4.69) is 10.1 Å². The van der Waals surface area contributed by atoms with E-state index >= 15 is 0 Å². The Morgan fingerprint density at radius 2 is 2.13 bits per heavy atom. The normalized spacial score (nSPS) is 18.1. The number of halogens is 1. The number of hydrogen-bond acceptors (Lipinski definition) is 6.